The number of imidazole rings is 1. The van der Waals surface area contributed by atoms with Crippen LogP contribution in [0.15, 0.2) is 30.5 Å². The molecule has 0 radical (unpaired) electrons. The highest BCUT2D eigenvalue weighted by Crippen LogP contribution is 2.36. The topological polar surface area (TPSA) is 80.7 Å². The summed E-state index contributed by atoms with van der Waals surface area (Å²) in [6.07, 6.45) is 2.97. The van der Waals surface area contributed by atoms with Gasteiger partial charge in [-0.3, -0.25) is 4.57 Å². The van der Waals surface area contributed by atoms with Gasteiger partial charge in [-0.2, -0.15) is 4.98 Å². The second kappa shape index (κ2) is 5.70. The van der Waals surface area contributed by atoms with Gasteiger partial charge >= 0.3 is 0 Å². The summed E-state index contributed by atoms with van der Waals surface area (Å²) in [5.41, 5.74) is 3.89. The number of hydrogen-bond donors (Lipinski definition) is 2. The molecular formula is C20H22N6O. The van der Waals surface area contributed by atoms with Crippen LogP contribution < -0.4 is 10.1 Å². The summed E-state index contributed by atoms with van der Waals surface area (Å²) in [5.74, 6) is 1.49. The van der Waals surface area contributed by atoms with E-state index in [1.54, 1.807) is 0 Å². The number of nitrogens with one attached hydrogen (secondary N) is 2. The highest BCUT2D eigenvalue weighted by atomic mass is 16.5. The number of H-pyrrole nitrogens is 1. The van der Waals surface area contributed by atoms with E-state index in [9.17, 15) is 0 Å². The minimum Gasteiger partial charge on any atom is -0.462 e. The Balaban J connectivity index is 1.44. The van der Waals surface area contributed by atoms with E-state index in [1.165, 1.54) is 10.9 Å². The van der Waals surface area contributed by atoms with Crippen LogP contribution in [-0.4, -0.2) is 37.7 Å². The van der Waals surface area contributed by atoms with Gasteiger partial charge in [0.05, 0.1) is 5.54 Å². The Labute approximate surface area is 156 Å². The molecule has 4 heterocycles. The summed E-state index contributed by atoms with van der Waals surface area (Å²) in [5, 5.41) is 4.71. The van der Waals surface area contributed by atoms with Crippen molar-refractivity contribution < 1.29 is 4.74 Å². The predicted octanol–water partition coefficient (Wildman–Crippen LogP) is 3.40. The molecule has 7 heteroatoms. The zero-order valence-corrected chi connectivity index (χ0v) is 15.7. The molecule has 0 saturated carbocycles. The third kappa shape index (κ3) is 2.53. The molecule has 7 nitrogen and oxygen atoms in total. The largest absolute Gasteiger partial charge is 0.462 e. The highest BCUT2D eigenvalue weighted by Gasteiger charge is 2.35. The number of fused-ring (bicyclic) bond motifs is 4. The quantitative estimate of drug-likeness (QED) is 0.582. The van der Waals surface area contributed by atoms with Crippen LogP contribution >= 0.6 is 0 Å². The first-order valence-electron chi connectivity index (χ1n) is 9.22. The first-order valence-corrected chi connectivity index (χ1v) is 9.22. The molecule has 1 aliphatic heterocycles. The average molecular weight is 362 g/mol. The average Bonchev–Trinajstić information content (AvgIpc) is 3.29. The van der Waals surface area contributed by atoms with E-state index in [-0.39, 0.29) is 5.54 Å². The van der Waals surface area contributed by atoms with Gasteiger partial charge in [-0.25, -0.2) is 9.97 Å². The highest BCUT2D eigenvalue weighted by molar-refractivity contribution is 5.85. The molecule has 0 spiro atoms. The number of aromatic amines is 1. The number of anilines is 1. The summed E-state index contributed by atoms with van der Waals surface area (Å²) in [4.78, 5) is 17.2. The minimum absolute atomic E-state index is 0.161. The number of benzene rings is 1. The maximum Gasteiger partial charge on any atom is 0.299 e. The van der Waals surface area contributed by atoms with Crippen molar-refractivity contribution in [2.75, 3.05) is 18.5 Å². The lowest BCUT2D eigenvalue weighted by atomic mass is 10.1. The molecule has 5 rings (SSSR count). The van der Waals surface area contributed by atoms with Gasteiger partial charge in [0.15, 0.2) is 17.0 Å². The molecule has 27 heavy (non-hydrogen) atoms. The normalized spacial score (nSPS) is 15.2. The Morgan fingerprint density at radius 3 is 2.96 bits per heavy atom. The molecule has 1 aliphatic rings. The van der Waals surface area contributed by atoms with Crippen molar-refractivity contribution in [1.29, 1.82) is 0 Å². The summed E-state index contributed by atoms with van der Waals surface area (Å²) in [6, 6.07) is 8.97. The fraction of sp³-hybridized carbons (Fsp3) is 0.350. The van der Waals surface area contributed by atoms with Gasteiger partial charge in [-0.05, 0) is 38.8 Å². The van der Waals surface area contributed by atoms with Crippen molar-refractivity contribution in [2.45, 2.75) is 32.7 Å². The van der Waals surface area contributed by atoms with Crippen molar-refractivity contribution in [3.63, 3.8) is 0 Å². The van der Waals surface area contributed by atoms with Crippen LogP contribution in [0.2, 0.25) is 0 Å². The predicted molar refractivity (Wildman–Crippen MR) is 105 cm³/mol. The Morgan fingerprint density at radius 2 is 2.07 bits per heavy atom. The van der Waals surface area contributed by atoms with Crippen molar-refractivity contribution in [2.24, 2.45) is 0 Å². The van der Waals surface area contributed by atoms with E-state index in [2.05, 4.69) is 68.1 Å². The molecule has 4 aromatic rings. The SMILES string of the molecule is Cc1nc(NCCc2c[nH]c3ccccc23)c2nc3n(c2n1)C(C)(C)CO3. The van der Waals surface area contributed by atoms with Crippen LogP contribution in [0, 0.1) is 6.92 Å². The maximum atomic E-state index is 5.76. The fourth-order valence-corrected chi connectivity index (χ4v) is 3.77. The molecule has 0 fully saturated rings. The molecule has 0 atom stereocenters. The number of aromatic nitrogens is 5. The zero-order chi connectivity index (χ0) is 18.6. The number of hydrogen-bond acceptors (Lipinski definition) is 5. The standard InChI is InChI=1S/C20H22N6O/c1-12-23-17(16-18(24-12)26-19(25-16)27-11-20(26,2)3)21-9-8-13-10-22-15-7-5-4-6-14(13)15/h4-7,10,22H,8-9,11H2,1-3H3,(H,21,23,24). The van der Waals surface area contributed by atoms with Gasteiger partial charge in [-0.15, -0.1) is 0 Å². The maximum absolute atomic E-state index is 5.76. The molecular weight excluding hydrogens is 340 g/mol. The molecule has 3 aromatic heterocycles. The van der Waals surface area contributed by atoms with E-state index in [0.29, 0.717) is 12.6 Å². The van der Waals surface area contributed by atoms with E-state index in [0.717, 1.165) is 41.3 Å². The Kier molecular flexibility index (Phi) is 3.40. The number of aryl methyl sites for hydroxylation is 1. The number of rotatable bonds is 4. The van der Waals surface area contributed by atoms with Crippen molar-refractivity contribution >= 4 is 27.9 Å². The number of ether oxygens (including phenoxy) is 1. The second-order valence-corrected chi connectivity index (χ2v) is 7.66. The Morgan fingerprint density at radius 1 is 1.22 bits per heavy atom. The van der Waals surface area contributed by atoms with Crippen LogP contribution in [0.3, 0.4) is 0 Å². The van der Waals surface area contributed by atoms with Gasteiger partial charge in [0.2, 0.25) is 0 Å². The molecule has 0 bridgehead atoms. The van der Waals surface area contributed by atoms with Crippen molar-refractivity contribution in [1.82, 2.24) is 24.5 Å². The van der Waals surface area contributed by atoms with E-state index >= 15 is 0 Å². The lowest BCUT2D eigenvalue weighted by Crippen LogP contribution is -2.26. The third-order valence-corrected chi connectivity index (χ3v) is 5.11. The van der Waals surface area contributed by atoms with Crippen LogP contribution in [0.25, 0.3) is 22.1 Å². The molecule has 1 aromatic carbocycles. The lowest BCUT2D eigenvalue weighted by molar-refractivity contribution is 0.268. The van der Waals surface area contributed by atoms with Gasteiger partial charge in [-0.1, -0.05) is 18.2 Å². The van der Waals surface area contributed by atoms with Gasteiger partial charge in [0, 0.05) is 23.6 Å². The molecule has 0 saturated heterocycles. The van der Waals surface area contributed by atoms with E-state index in [4.69, 9.17) is 4.74 Å². The smallest absolute Gasteiger partial charge is 0.299 e. The third-order valence-electron chi connectivity index (χ3n) is 5.11. The summed E-state index contributed by atoms with van der Waals surface area (Å²) in [6.45, 7) is 7.54. The van der Waals surface area contributed by atoms with Crippen LogP contribution in [0.4, 0.5) is 5.82 Å². The lowest BCUT2D eigenvalue weighted by Gasteiger charge is -2.18. The Bertz CT molecular complexity index is 1160. The van der Waals surface area contributed by atoms with Crippen LogP contribution in [0.1, 0.15) is 25.2 Å². The number of nitrogens with zero attached hydrogens (tertiary/aromatic N) is 4. The first kappa shape index (κ1) is 16.1. The summed E-state index contributed by atoms with van der Waals surface area (Å²) in [7, 11) is 0. The number of para-hydroxylation sites is 1. The molecule has 0 unspecified atom stereocenters. The first-order chi connectivity index (χ1) is 13.0. The summed E-state index contributed by atoms with van der Waals surface area (Å²) < 4.78 is 7.83. The molecule has 2 N–H and O–H groups in total. The van der Waals surface area contributed by atoms with Crippen molar-refractivity contribution in [3.8, 4) is 6.01 Å². The van der Waals surface area contributed by atoms with Gasteiger partial charge < -0.3 is 15.0 Å². The fourth-order valence-electron chi connectivity index (χ4n) is 3.77. The molecule has 0 amide bonds. The van der Waals surface area contributed by atoms with Crippen molar-refractivity contribution in [3.05, 3.63) is 41.9 Å². The van der Waals surface area contributed by atoms with Gasteiger partial charge in [0.25, 0.3) is 6.01 Å². The molecule has 138 valence electrons. The monoisotopic (exact) mass is 362 g/mol. The zero-order valence-electron chi connectivity index (χ0n) is 15.7. The van der Waals surface area contributed by atoms with Gasteiger partial charge in [0.1, 0.15) is 12.4 Å². The Hall–Kier alpha value is -3.09. The summed E-state index contributed by atoms with van der Waals surface area (Å²) >= 11 is 0. The van der Waals surface area contributed by atoms with Crippen LogP contribution in [0.5, 0.6) is 6.01 Å². The van der Waals surface area contributed by atoms with E-state index in [1.807, 2.05) is 13.0 Å². The second-order valence-electron chi connectivity index (χ2n) is 7.66. The molecule has 0 aliphatic carbocycles. The van der Waals surface area contributed by atoms with E-state index < -0.39 is 0 Å². The minimum atomic E-state index is -0.161. The van der Waals surface area contributed by atoms with Crippen LogP contribution in [-0.2, 0) is 12.0 Å².